The van der Waals surface area contributed by atoms with Crippen LogP contribution >= 0.6 is 12.4 Å². The highest BCUT2D eigenvalue weighted by molar-refractivity contribution is 5.85. The van der Waals surface area contributed by atoms with Crippen LogP contribution in [-0.4, -0.2) is 43.7 Å². The average molecular weight is 342 g/mol. The van der Waals surface area contributed by atoms with Crippen molar-refractivity contribution >= 4 is 18.4 Å². The van der Waals surface area contributed by atoms with Crippen molar-refractivity contribution in [1.82, 2.24) is 4.90 Å². The van der Waals surface area contributed by atoms with Gasteiger partial charge in [0, 0.05) is 12.6 Å². The zero-order valence-electron chi connectivity index (χ0n) is 14.1. The molecule has 0 aliphatic carbocycles. The fourth-order valence-corrected chi connectivity index (χ4v) is 2.90. The van der Waals surface area contributed by atoms with Crippen LogP contribution in [0.2, 0.25) is 0 Å². The van der Waals surface area contributed by atoms with Gasteiger partial charge in [-0.05, 0) is 50.4 Å². The number of likely N-dealkylation sites (tertiary alicyclic amines) is 1. The molecule has 130 valence electrons. The Morgan fingerprint density at radius 3 is 2.65 bits per heavy atom. The predicted molar refractivity (Wildman–Crippen MR) is 94.4 cm³/mol. The summed E-state index contributed by atoms with van der Waals surface area (Å²) in [6.07, 6.45) is 5.16. The van der Waals surface area contributed by atoms with Crippen LogP contribution < -0.4 is 4.74 Å². The molecular weight excluding hydrogens is 314 g/mol. The summed E-state index contributed by atoms with van der Waals surface area (Å²) in [5.74, 6) is 0.643. The lowest BCUT2D eigenvalue weighted by atomic mass is 10.0. The third-order valence-corrected chi connectivity index (χ3v) is 4.30. The number of halogens is 1. The Hall–Kier alpha value is -1.26. The van der Waals surface area contributed by atoms with Crippen LogP contribution in [0.3, 0.4) is 0 Å². The molecule has 1 saturated heterocycles. The van der Waals surface area contributed by atoms with Gasteiger partial charge in [-0.25, -0.2) is 0 Å². The lowest BCUT2D eigenvalue weighted by molar-refractivity contribution is -0.143. The number of hydrogen-bond donors (Lipinski definition) is 0. The maximum atomic E-state index is 11.8. The Balaban J connectivity index is 0.00000264. The molecule has 0 bridgehead atoms. The highest BCUT2D eigenvalue weighted by Gasteiger charge is 2.17. The first-order valence-corrected chi connectivity index (χ1v) is 8.21. The Kier molecular flexibility index (Phi) is 9.03. The van der Waals surface area contributed by atoms with Gasteiger partial charge >= 0.3 is 5.97 Å². The van der Waals surface area contributed by atoms with Crippen LogP contribution in [0.1, 0.15) is 38.2 Å². The number of benzene rings is 1. The van der Waals surface area contributed by atoms with Crippen molar-refractivity contribution in [2.45, 2.75) is 45.1 Å². The average Bonchev–Trinajstić information content (AvgIpc) is 2.54. The van der Waals surface area contributed by atoms with Crippen molar-refractivity contribution in [2.24, 2.45) is 0 Å². The number of carbonyl (C=O) groups excluding carboxylic acids is 1. The van der Waals surface area contributed by atoms with Crippen molar-refractivity contribution in [3.05, 3.63) is 29.8 Å². The van der Waals surface area contributed by atoms with Gasteiger partial charge in [-0.3, -0.25) is 4.79 Å². The maximum Gasteiger partial charge on any atom is 0.310 e. The van der Waals surface area contributed by atoms with Crippen molar-refractivity contribution in [2.75, 3.05) is 26.8 Å². The molecule has 1 aliphatic heterocycles. The first-order valence-electron chi connectivity index (χ1n) is 8.21. The molecule has 1 fully saturated rings. The molecule has 0 amide bonds. The number of esters is 1. The smallest absolute Gasteiger partial charge is 0.310 e. The van der Waals surface area contributed by atoms with Gasteiger partial charge in [-0.1, -0.05) is 18.6 Å². The van der Waals surface area contributed by atoms with Gasteiger partial charge in [0.25, 0.3) is 0 Å². The fourth-order valence-electron chi connectivity index (χ4n) is 2.90. The van der Waals surface area contributed by atoms with Crippen LogP contribution in [0, 0.1) is 0 Å². The number of rotatable bonds is 7. The quantitative estimate of drug-likeness (QED) is 0.562. The summed E-state index contributed by atoms with van der Waals surface area (Å²) in [7, 11) is 1.63. The molecule has 1 aliphatic rings. The van der Waals surface area contributed by atoms with Crippen LogP contribution in [0.25, 0.3) is 0 Å². The SMILES string of the molecule is COc1ccc(CC(=O)OCCCN2CCCCC2C)cc1.Cl. The number of methoxy groups -OCH3 is 1. The zero-order chi connectivity index (χ0) is 15.8. The standard InChI is InChI=1S/C18H27NO3.ClH/c1-15-6-3-4-11-19(15)12-5-13-22-18(20)14-16-7-9-17(21-2)10-8-16;/h7-10,15H,3-6,11-14H2,1-2H3;1H. The normalized spacial score (nSPS) is 18.1. The molecule has 0 radical (unpaired) electrons. The van der Waals surface area contributed by atoms with E-state index in [-0.39, 0.29) is 18.4 Å². The molecule has 0 N–H and O–H groups in total. The summed E-state index contributed by atoms with van der Waals surface area (Å²) in [4.78, 5) is 14.3. The summed E-state index contributed by atoms with van der Waals surface area (Å²) in [6, 6.07) is 8.19. The molecule has 1 aromatic carbocycles. The van der Waals surface area contributed by atoms with Crippen LogP contribution in [0.15, 0.2) is 24.3 Å². The van der Waals surface area contributed by atoms with E-state index >= 15 is 0 Å². The monoisotopic (exact) mass is 341 g/mol. The topological polar surface area (TPSA) is 38.8 Å². The number of piperidine rings is 1. The molecule has 1 atom stereocenters. The summed E-state index contributed by atoms with van der Waals surface area (Å²) >= 11 is 0. The molecule has 0 spiro atoms. The van der Waals surface area contributed by atoms with Gasteiger partial charge in [0.1, 0.15) is 5.75 Å². The molecule has 2 rings (SSSR count). The highest BCUT2D eigenvalue weighted by atomic mass is 35.5. The van der Waals surface area contributed by atoms with E-state index in [1.165, 1.54) is 25.8 Å². The Morgan fingerprint density at radius 1 is 1.26 bits per heavy atom. The van der Waals surface area contributed by atoms with Gasteiger partial charge in [0.05, 0.1) is 20.1 Å². The van der Waals surface area contributed by atoms with E-state index in [4.69, 9.17) is 9.47 Å². The van der Waals surface area contributed by atoms with Crippen LogP contribution in [0.5, 0.6) is 5.75 Å². The van der Waals surface area contributed by atoms with Crippen molar-refractivity contribution < 1.29 is 14.3 Å². The fraction of sp³-hybridized carbons (Fsp3) is 0.611. The molecule has 0 saturated carbocycles. The minimum atomic E-state index is -0.156. The molecule has 0 aromatic heterocycles. The van der Waals surface area contributed by atoms with Gasteiger partial charge < -0.3 is 14.4 Å². The Morgan fingerprint density at radius 2 is 2.00 bits per heavy atom. The van der Waals surface area contributed by atoms with Crippen molar-refractivity contribution in [3.8, 4) is 5.75 Å². The zero-order valence-corrected chi connectivity index (χ0v) is 14.9. The lowest BCUT2D eigenvalue weighted by Gasteiger charge is -2.33. The third-order valence-electron chi connectivity index (χ3n) is 4.30. The number of carbonyl (C=O) groups is 1. The van der Waals surface area contributed by atoms with E-state index in [1.54, 1.807) is 7.11 Å². The molecule has 1 heterocycles. The maximum absolute atomic E-state index is 11.8. The minimum absolute atomic E-state index is 0. The van der Waals surface area contributed by atoms with Gasteiger partial charge in [-0.2, -0.15) is 0 Å². The van der Waals surface area contributed by atoms with Gasteiger partial charge in [0.15, 0.2) is 0 Å². The first-order chi connectivity index (χ1) is 10.7. The van der Waals surface area contributed by atoms with E-state index in [0.29, 0.717) is 19.1 Å². The highest BCUT2D eigenvalue weighted by Crippen LogP contribution is 2.16. The number of ether oxygens (including phenoxy) is 2. The molecule has 5 heteroatoms. The lowest BCUT2D eigenvalue weighted by Crippen LogP contribution is -2.38. The van der Waals surface area contributed by atoms with E-state index < -0.39 is 0 Å². The van der Waals surface area contributed by atoms with Crippen molar-refractivity contribution in [3.63, 3.8) is 0 Å². The summed E-state index contributed by atoms with van der Waals surface area (Å²) < 4.78 is 10.4. The second-order valence-corrected chi connectivity index (χ2v) is 5.98. The number of nitrogens with zero attached hydrogens (tertiary/aromatic N) is 1. The summed E-state index contributed by atoms with van der Waals surface area (Å²) in [5, 5.41) is 0. The van der Waals surface area contributed by atoms with Gasteiger partial charge in [-0.15, -0.1) is 12.4 Å². The minimum Gasteiger partial charge on any atom is -0.497 e. The third kappa shape index (κ3) is 6.80. The Bertz CT molecular complexity index is 464. The second kappa shape index (κ2) is 10.5. The van der Waals surface area contributed by atoms with Gasteiger partial charge in [0.2, 0.25) is 0 Å². The van der Waals surface area contributed by atoms with Crippen molar-refractivity contribution in [1.29, 1.82) is 0 Å². The summed E-state index contributed by atoms with van der Waals surface area (Å²) in [6.45, 7) is 5.00. The molecule has 1 unspecified atom stereocenters. The first kappa shape index (κ1) is 19.8. The Labute approximate surface area is 145 Å². The second-order valence-electron chi connectivity index (χ2n) is 5.98. The van der Waals surface area contributed by atoms with E-state index in [2.05, 4.69) is 11.8 Å². The molecular formula is C18H28ClNO3. The molecule has 1 aromatic rings. The van der Waals surface area contributed by atoms with E-state index in [0.717, 1.165) is 24.3 Å². The number of hydrogen-bond acceptors (Lipinski definition) is 4. The predicted octanol–water partition coefficient (Wildman–Crippen LogP) is 3.47. The molecule has 4 nitrogen and oxygen atoms in total. The van der Waals surface area contributed by atoms with Crippen LogP contribution in [-0.2, 0) is 16.0 Å². The van der Waals surface area contributed by atoms with Crippen LogP contribution in [0.4, 0.5) is 0 Å². The van der Waals surface area contributed by atoms with E-state index in [9.17, 15) is 4.79 Å². The largest absolute Gasteiger partial charge is 0.497 e. The summed E-state index contributed by atoms with van der Waals surface area (Å²) in [5.41, 5.74) is 0.954. The molecule has 23 heavy (non-hydrogen) atoms. The van der Waals surface area contributed by atoms with E-state index in [1.807, 2.05) is 24.3 Å².